The Morgan fingerprint density at radius 1 is 1.23 bits per heavy atom. The standard InChI is InChI=1S/C11H20O2/c1-3-5-6-7-8-9-10-11(12)13-4-2/h9-10H,3-8H2,1-2H3. The van der Waals surface area contributed by atoms with E-state index in [1.54, 1.807) is 0 Å². The van der Waals surface area contributed by atoms with Gasteiger partial charge in [0, 0.05) is 6.08 Å². The van der Waals surface area contributed by atoms with E-state index in [2.05, 4.69) is 6.92 Å². The first-order chi connectivity index (χ1) is 6.31. The molecule has 76 valence electrons. The van der Waals surface area contributed by atoms with E-state index in [0.717, 1.165) is 6.42 Å². The Kier molecular flexibility index (Phi) is 8.73. The van der Waals surface area contributed by atoms with Crippen LogP contribution in [0.3, 0.4) is 0 Å². The monoisotopic (exact) mass is 184 g/mol. The summed E-state index contributed by atoms with van der Waals surface area (Å²) >= 11 is 0. The molecular weight excluding hydrogens is 164 g/mol. The summed E-state index contributed by atoms with van der Waals surface area (Å²) < 4.78 is 4.74. The molecule has 0 heterocycles. The smallest absolute Gasteiger partial charge is 0.330 e. The summed E-state index contributed by atoms with van der Waals surface area (Å²) in [6.45, 7) is 4.46. The van der Waals surface area contributed by atoms with E-state index in [-0.39, 0.29) is 5.97 Å². The molecule has 2 nitrogen and oxygen atoms in total. The van der Waals surface area contributed by atoms with E-state index in [1.165, 1.54) is 31.8 Å². The Balaban J connectivity index is 3.25. The third kappa shape index (κ3) is 9.12. The molecule has 0 aromatic heterocycles. The molecule has 0 radical (unpaired) electrons. The zero-order chi connectivity index (χ0) is 9.94. The summed E-state index contributed by atoms with van der Waals surface area (Å²) in [6.07, 6.45) is 9.37. The predicted octanol–water partition coefficient (Wildman–Crippen LogP) is 3.08. The molecule has 0 aliphatic carbocycles. The van der Waals surface area contributed by atoms with Crippen LogP contribution >= 0.6 is 0 Å². The molecule has 2 heteroatoms. The first kappa shape index (κ1) is 12.2. The molecule has 0 aliphatic rings. The fourth-order valence-corrected chi connectivity index (χ4v) is 1.06. The van der Waals surface area contributed by atoms with Crippen molar-refractivity contribution >= 4 is 5.97 Å². The minimum atomic E-state index is -0.224. The zero-order valence-electron chi connectivity index (χ0n) is 8.71. The minimum Gasteiger partial charge on any atom is -0.463 e. The molecule has 0 amide bonds. The summed E-state index contributed by atoms with van der Waals surface area (Å²) in [5.74, 6) is -0.224. The van der Waals surface area contributed by atoms with E-state index in [4.69, 9.17) is 4.74 Å². The third-order valence-electron chi connectivity index (χ3n) is 1.76. The number of hydrogen-bond donors (Lipinski definition) is 0. The molecule has 13 heavy (non-hydrogen) atoms. The quantitative estimate of drug-likeness (QED) is 0.345. The Morgan fingerprint density at radius 2 is 2.00 bits per heavy atom. The van der Waals surface area contributed by atoms with Crippen molar-refractivity contribution in [2.24, 2.45) is 0 Å². The van der Waals surface area contributed by atoms with Gasteiger partial charge in [0.15, 0.2) is 0 Å². The van der Waals surface area contributed by atoms with Crippen molar-refractivity contribution < 1.29 is 9.53 Å². The average molecular weight is 184 g/mol. The summed E-state index contributed by atoms with van der Waals surface area (Å²) in [4.78, 5) is 10.8. The number of carbonyl (C=O) groups is 1. The van der Waals surface area contributed by atoms with E-state index in [0.29, 0.717) is 6.61 Å². The summed E-state index contributed by atoms with van der Waals surface area (Å²) in [7, 11) is 0. The van der Waals surface area contributed by atoms with Gasteiger partial charge in [-0.05, 0) is 19.8 Å². The van der Waals surface area contributed by atoms with Gasteiger partial charge >= 0.3 is 5.97 Å². The highest BCUT2D eigenvalue weighted by molar-refractivity contribution is 5.81. The molecule has 0 spiro atoms. The molecule has 0 saturated heterocycles. The minimum absolute atomic E-state index is 0.224. The highest BCUT2D eigenvalue weighted by atomic mass is 16.5. The summed E-state index contributed by atoms with van der Waals surface area (Å²) in [5.41, 5.74) is 0. The second-order valence-electron chi connectivity index (χ2n) is 3.00. The second-order valence-corrected chi connectivity index (χ2v) is 3.00. The topological polar surface area (TPSA) is 26.3 Å². The maximum absolute atomic E-state index is 10.8. The normalized spacial score (nSPS) is 10.6. The van der Waals surface area contributed by atoms with E-state index < -0.39 is 0 Å². The molecular formula is C11H20O2. The van der Waals surface area contributed by atoms with Crippen LogP contribution in [-0.2, 0) is 9.53 Å². The van der Waals surface area contributed by atoms with Crippen LogP contribution in [0.5, 0.6) is 0 Å². The van der Waals surface area contributed by atoms with Gasteiger partial charge < -0.3 is 4.74 Å². The van der Waals surface area contributed by atoms with Crippen LogP contribution in [0.1, 0.15) is 46.0 Å². The van der Waals surface area contributed by atoms with Crippen molar-refractivity contribution in [3.8, 4) is 0 Å². The van der Waals surface area contributed by atoms with Gasteiger partial charge in [-0.25, -0.2) is 4.79 Å². The molecule has 0 fully saturated rings. The molecule has 0 N–H and O–H groups in total. The van der Waals surface area contributed by atoms with Gasteiger partial charge in [0.25, 0.3) is 0 Å². The number of allylic oxidation sites excluding steroid dienone is 1. The molecule has 0 bridgehead atoms. The lowest BCUT2D eigenvalue weighted by Crippen LogP contribution is -1.98. The number of rotatable bonds is 7. The van der Waals surface area contributed by atoms with Crippen molar-refractivity contribution in [2.75, 3.05) is 6.61 Å². The van der Waals surface area contributed by atoms with Gasteiger partial charge in [0.2, 0.25) is 0 Å². The van der Waals surface area contributed by atoms with Crippen LogP contribution in [-0.4, -0.2) is 12.6 Å². The van der Waals surface area contributed by atoms with Crippen LogP contribution in [0.4, 0.5) is 0 Å². The highest BCUT2D eigenvalue weighted by Crippen LogP contribution is 2.02. The van der Waals surface area contributed by atoms with Crippen LogP contribution < -0.4 is 0 Å². The maximum atomic E-state index is 10.8. The molecule has 0 aromatic rings. The maximum Gasteiger partial charge on any atom is 0.330 e. The Hall–Kier alpha value is -0.790. The van der Waals surface area contributed by atoms with E-state index >= 15 is 0 Å². The summed E-state index contributed by atoms with van der Waals surface area (Å²) in [6, 6.07) is 0. The van der Waals surface area contributed by atoms with Crippen molar-refractivity contribution in [2.45, 2.75) is 46.0 Å². The van der Waals surface area contributed by atoms with Crippen LogP contribution in [0, 0.1) is 0 Å². The first-order valence-electron chi connectivity index (χ1n) is 5.14. The van der Waals surface area contributed by atoms with Crippen LogP contribution in [0.25, 0.3) is 0 Å². The second kappa shape index (κ2) is 9.30. The fourth-order valence-electron chi connectivity index (χ4n) is 1.06. The van der Waals surface area contributed by atoms with Gasteiger partial charge in [0.1, 0.15) is 0 Å². The Bertz CT molecular complexity index is 150. The number of hydrogen-bond acceptors (Lipinski definition) is 2. The molecule has 0 rings (SSSR count). The first-order valence-corrected chi connectivity index (χ1v) is 5.14. The number of ether oxygens (including phenoxy) is 1. The average Bonchev–Trinajstić information content (AvgIpc) is 2.11. The molecule has 0 unspecified atom stereocenters. The van der Waals surface area contributed by atoms with E-state index in [9.17, 15) is 4.79 Å². The van der Waals surface area contributed by atoms with Gasteiger partial charge in [-0.15, -0.1) is 0 Å². The fraction of sp³-hybridized carbons (Fsp3) is 0.727. The van der Waals surface area contributed by atoms with Crippen molar-refractivity contribution in [1.29, 1.82) is 0 Å². The highest BCUT2D eigenvalue weighted by Gasteiger charge is 1.91. The van der Waals surface area contributed by atoms with Crippen molar-refractivity contribution in [3.63, 3.8) is 0 Å². The Morgan fingerprint density at radius 3 is 2.62 bits per heavy atom. The zero-order valence-corrected chi connectivity index (χ0v) is 8.71. The Labute approximate surface area is 81.0 Å². The molecule has 0 aliphatic heterocycles. The molecule has 0 saturated carbocycles. The lowest BCUT2D eigenvalue weighted by molar-refractivity contribution is -0.137. The number of esters is 1. The van der Waals surface area contributed by atoms with Gasteiger partial charge in [-0.2, -0.15) is 0 Å². The van der Waals surface area contributed by atoms with E-state index in [1.807, 2.05) is 13.0 Å². The van der Waals surface area contributed by atoms with Crippen LogP contribution in [0.15, 0.2) is 12.2 Å². The van der Waals surface area contributed by atoms with Crippen LogP contribution in [0.2, 0.25) is 0 Å². The SMILES string of the molecule is CCCCCCC=CC(=O)OCC. The summed E-state index contributed by atoms with van der Waals surface area (Å²) in [5, 5.41) is 0. The lowest BCUT2D eigenvalue weighted by atomic mass is 10.1. The predicted molar refractivity (Wildman–Crippen MR) is 54.5 cm³/mol. The van der Waals surface area contributed by atoms with Gasteiger partial charge in [-0.1, -0.05) is 32.3 Å². The van der Waals surface area contributed by atoms with Crippen molar-refractivity contribution in [3.05, 3.63) is 12.2 Å². The van der Waals surface area contributed by atoms with Gasteiger partial charge in [0.05, 0.1) is 6.61 Å². The van der Waals surface area contributed by atoms with Crippen molar-refractivity contribution in [1.82, 2.24) is 0 Å². The molecule has 0 atom stereocenters. The number of carbonyl (C=O) groups excluding carboxylic acids is 1. The number of unbranched alkanes of at least 4 members (excludes halogenated alkanes) is 4. The van der Waals surface area contributed by atoms with Gasteiger partial charge in [-0.3, -0.25) is 0 Å². The largest absolute Gasteiger partial charge is 0.463 e. The lowest BCUT2D eigenvalue weighted by Gasteiger charge is -1.95. The third-order valence-corrected chi connectivity index (χ3v) is 1.76. The molecule has 0 aromatic carbocycles.